The fraction of sp³-hybridized carbons (Fsp3) is 0.533. The van der Waals surface area contributed by atoms with Crippen LogP contribution < -0.4 is 10.6 Å². The molecule has 1 aromatic rings. The number of benzene rings is 1. The van der Waals surface area contributed by atoms with E-state index in [1.54, 1.807) is 6.07 Å². The van der Waals surface area contributed by atoms with Gasteiger partial charge in [-0.3, -0.25) is 4.79 Å². The van der Waals surface area contributed by atoms with Crippen LogP contribution in [0.1, 0.15) is 18.4 Å². The summed E-state index contributed by atoms with van der Waals surface area (Å²) in [5, 5.41) is 7.68. The molecule has 0 bridgehead atoms. The molecule has 3 nitrogen and oxygen atoms in total. The third-order valence-corrected chi connectivity index (χ3v) is 5.11. The standard InChI is InChI=1S/C15H20Cl2N2OS.ClH/c16-12-4-3-11(14(17)8-12)2-1-5-19-15(20)9-13-10-21-7-6-18-13;/h3-4,8,13,18H,1-2,5-7,9-10H2,(H,19,20);1H. The van der Waals surface area contributed by atoms with Gasteiger partial charge in [0.25, 0.3) is 0 Å². The number of hydrogen-bond donors (Lipinski definition) is 2. The van der Waals surface area contributed by atoms with Gasteiger partial charge in [-0.05, 0) is 30.5 Å². The summed E-state index contributed by atoms with van der Waals surface area (Å²) in [6.07, 6.45) is 2.28. The van der Waals surface area contributed by atoms with Gasteiger partial charge in [-0.15, -0.1) is 12.4 Å². The van der Waals surface area contributed by atoms with Crippen LogP contribution in [0.3, 0.4) is 0 Å². The monoisotopic (exact) mass is 382 g/mol. The van der Waals surface area contributed by atoms with Crippen LogP contribution in [0.2, 0.25) is 10.0 Å². The molecule has 1 saturated heterocycles. The molecule has 1 aromatic carbocycles. The van der Waals surface area contributed by atoms with E-state index in [1.807, 2.05) is 23.9 Å². The van der Waals surface area contributed by atoms with Crippen molar-refractivity contribution in [2.75, 3.05) is 24.6 Å². The summed E-state index contributed by atoms with van der Waals surface area (Å²) < 4.78 is 0. The first kappa shape index (κ1) is 19.9. The molecule has 1 atom stereocenters. The molecular weight excluding hydrogens is 363 g/mol. The number of aryl methyl sites for hydroxylation is 1. The van der Waals surface area contributed by atoms with Crippen LogP contribution in [-0.2, 0) is 11.2 Å². The Labute approximate surface area is 152 Å². The predicted octanol–water partition coefficient (Wildman–Crippen LogP) is 3.56. The minimum absolute atomic E-state index is 0. The van der Waals surface area contributed by atoms with Crippen LogP contribution in [0.4, 0.5) is 0 Å². The van der Waals surface area contributed by atoms with E-state index in [0.29, 0.717) is 29.1 Å². The second-order valence-corrected chi connectivity index (χ2v) is 7.11. The molecule has 0 saturated carbocycles. The third-order valence-electron chi connectivity index (χ3n) is 3.39. The molecule has 0 spiro atoms. The van der Waals surface area contributed by atoms with E-state index >= 15 is 0 Å². The molecule has 0 aliphatic carbocycles. The predicted molar refractivity (Wildman–Crippen MR) is 98.8 cm³/mol. The zero-order valence-corrected chi connectivity index (χ0v) is 15.4. The lowest BCUT2D eigenvalue weighted by Crippen LogP contribution is -2.41. The SMILES string of the molecule is Cl.O=C(CC1CSCCN1)NCCCc1ccc(Cl)cc1Cl. The number of carbonyl (C=O) groups excluding carboxylic acids is 1. The van der Waals surface area contributed by atoms with Crippen molar-refractivity contribution >= 4 is 53.3 Å². The maximum absolute atomic E-state index is 11.8. The van der Waals surface area contributed by atoms with Crippen molar-refractivity contribution in [3.05, 3.63) is 33.8 Å². The van der Waals surface area contributed by atoms with Gasteiger partial charge in [0.15, 0.2) is 0 Å². The van der Waals surface area contributed by atoms with E-state index in [4.69, 9.17) is 23.2 Å². The Morgan fingerprint density at radius 1 is 1.41 bits per heavy atom. The molecule has 2 N–H and O–H groups in total. The largest absolute Gasteiger partial charge is 0.356 e. The number of halogens is 3. The van der Waals surface area contributed by atoms with E-state index in [0.717, 1.165) is 36.5 Å². The zero-order valence-electron chi connectivity index (χ0n) is 12.2. The average molecular weight is 384 g/mol. The second-order valence-electron chi connectivity index (χ2n) is 5.12. The summed E-state index contributed by atoms with van der Waals surface area (Å²) in [4.78, 5) is 11.8. The average Bonchev–Trinajstić information content (AvgIpc) is 2.46. The molecular formula is C15H21Cl3N2OS. The number of hydrogen-bond acceptors (Lipinski definition) is 3. The van der Waals surface area contributed by atoms with Crippen molar-refractivity contribution in [3.8, 4) is 0 Å². The Hall–Kier alpha value is -0.130. The van der Waals surface area contributed by atoms with Gasteiger partial charge in [0.05, 0.1) is 0 Å². The number of rotatable bonds is 6. The molecule has 1 unspecified atom stereocenters. The van der Waals surface area contributed by atoms with Crippen molar-refractivity contribution in [1.29, 1.82) is 0 Å². The maximum atomic E-state index is 11.8. The van der Waals surface area contributed by atoms with Gasteiger partial charge in [-0.2, -0.15) is 11.8 Å². The van der Waals surface area contributed by atoms with Gasteiger partial charge in [-0.25, -0.2) is 0 Å². The molecule has 0 radical (unpaired) electrons. The van der Waals surface area contributed by atoms with E-state index in [-0.39, 0.29) is 18.3 Å². The van der Waals surface area contributed by atoms with Crippen molar-refractivity contribution in [2.24, 2.45) is 0 Å². The van der Waals surface area contributed by atoms with Gasteiger partial charge in [-0.1, -0.05) is 29.3 Å². The summed E-state index contributed by atoms with van der Waals surface area (Å²) in [5.74, 6) is 2.28. The first-order valence-electron chi connectivity index (χ1n) is 7.17. The van der Waals surface area contributed by atoms with Crippen LogP contribution in [0, 0.1) is 0 Å². The van der Waals surface area contributed by atoms with Crippen LogP contribution in [0.15, 0.2) is 18.2 Å². The molecule has 1 amide bonds. The molecule has 1 aliphatic rings. The Balaban J connectivity index is 0.00000242. The van der Waals surface area contributed by atoms with Crippen molar-refractivity contribution < 1.29 is 4.79 Å². The summed E-state index contributed by atoms with van der Waals surface area (Å²) in [7, 11) is 0. The summed E-state index contributed by atoms with van der Waals surface area (Å²) in [5.41, 5.74) is 1.07. The highest BCUT2D eigenvalue weighted by molar-refractivity contribution is 7.99. The lowest BCUT2D eigenvalue weighted by atomic mass is 10.1. The molecule has 1 heterocycles. The lowest BCUT2D eigenvalue weighted by molar-refractivity contribution is -0.121. The number of carbonyl (C=O) groups is 1. The van der Waals surface area contributed by atoms with Gasteiger partial charge in [0.2, 0.25) is 5.91 Å². The van der Waals surface area contributed by atoms with E-state index in [2.05, 4.69) is 10.6 Å². The molecule has 124 valence electrons. The van der Waals surface area contributed by atoms with E-state index in [9.17, 15) is 4.79 Å². The highest BCUT2D eigenvalue weighted by Gasteiger charge is 2.16. The van der Waals surface area contributed by atoms with Crippen LogP contribution in [0.25, 0.3) is 0 Å². The molecule has 2 rings (SSSR count). The smallest absolute Gasteiger partial charge is 0.221 e. The van der Waals surface area contributed by atoms with Crippen LogP contribution in [0.5, 0.6) is 0 Å². The van der Waals surface area contributed by atoms with Crippen molar-refractivity contribution in [1.82, 2.24) is 10.6 Å². The van der Waals surface area contributed by atoms with Crippen molar-refractivity contribution in [2.45, 2.75) is 25.3 Å². The molecule has 1 aliphatic heterocycles. The highest BCUT2D eigenvalue weighted by atomic mass is 35.5. The molecule has 1 fully saturated rings. The number of amides is 1. The van der Waals surface area contributed by atoms with Crippen LogP contribution in [-0.4, -0.2) is 36.5 Å². The topological polar surface area (TPSA) is 41.1 Å². The normalized spacial score (nSPS) is 17.6. The first-order chi connectivity index (χ1) is 10.1. The van der Waals surface area contributed by atoms with Gasteiger partial charge >= 0.3 is 0 Å². The summed E-state index contributed by atoms with van der Waals surface area (Å²) in [6.45, 7) is 1.68. The summed E-state index contributed by atoms with van der Waals surface area (Å²) >= 11 is 13.9. The summed E-state index contributed by atoms with van der Waals surface area (Å²) in [6, 6.07) is 5.85. The van der Waals surface area contributed by atoms with Gasteiger partial charge in [0.1, 0.15) is 0 Å². The Bertz CT molecular complexity index is 482. The minimum atomic E-state index is 0. The van der Waals surface area contributed by atoms with Crippen molar-refractivity contribution in [3.63, 3.8) is 0 Å². The fourth-order valence-corrected chi connectivity index (χ4v) is 3.73. The van der Waals surface area contributed by atoms with E-state index in [1.165, 1.54) is 0 Å². The fourth-order valence-electron chi connectivity index (χ4n) is 2.28. The Kier molecular flexibility index (Phi) is 9.60. The molecule has 7 heteroatoms. The van der Waals surface area contributed by atoms with Gasteiger partial charge < -0.3 is 10.6 Å². The molecule has 22 heavy (non-hydrogen) atoms. The minimum Gasteiger partial charge on any atom is -0.356 e. The Morgan fingerprint density at radius 2 is 2.23 bits per heavy atom. The maximum Gasteiger partial charge on any atom is 0.221 e. The van der Waals surface area contributed by atoms with Gasteiger partial charge in [0, 0.05) is 47.1 Å². The third kappa shape index (κ3) is 6.97. The lowest BCUT2D eigenvalue weighted by Gasteiger charge is -2.22. The number of thioether (sulfide) groups is 1. The number of nitrogens with one attached hydrogen (secondary N) is 2. The quantitative estimate of drug-likeness (QED) is 0.738. The first-order valence-corrected chi connectivity index (χ1v) is 9.08. The van der Waals surface area contributed by atoms with Crippen LogP contribution >= 0.6 is 47.4 Å². The second kappa shape index (κ2) is 10.6. The zero-order chi connectivity index (χ0) is 15.1. The molecule has 0 aromatic heterocycles. The Morgan fingerprint density at radius 3 is 2.91 bits per heavy atom. The van der Waals surface area contributed by atoms with E-state index < -0.39 is 0 Å². The highest BCUT2D eigenvalue weighted by Crippen LogP contribution is 2.21.